The number of rotatable bonds is 17. The van der Waals surface area contributed by atoms with Crippen LogP contribution in [0.1, 0.15) is 171 Å². The molecule has 2 N–H and O–H groups in total. The number of aromatic nitrogens is 3. The fourth-order valence-corrected chi connectivity index (χ4v) is 17.3. The van der Waals surface area contributed by atoms with Crippen LogP contribution in [0.3, 0.4) is 0 Å². The number of carbonyl (C=O) groups excluding carboxylic acids is 2. The van der Waals surface area contributed by atoms with Crippen LogP contribution >= 0.6 is 0 Å². The number of hydrogen-bond donors (Lipinski definition) is 2. The predicted molar refractivity (Wildman–Crippen MR) is 329 cm³/mol. The molecule has 8 fully saturated rings. The van der Waals surface area contributed by atoms with Crippen molar-refractivity contribution in [2.45, 2.75) is 305 Å². The lowest BCUT2D eigenvalue weighted by Crippen LogP contribution is -2.65. The molecule has 494 valence electrons. The van der Waals surface area contributed by atoms with Gasteiger partial charge in [0, 0.05) is 38.6 Å². The number of cyclic esters (lactones) is 1. The lowest BCUT2D eigenvalue weighted by Gasteiger charge is -2.56. The molecule has 9 aliphatic rings. The van der Waals surface area contributed by atoms with Gasteiger partial charge in [0.1, 0.15) is 30.2 Å². The molecule has 4 saturated heterocycles. The van der Waals surface area contributed by atoms with Crippen molar-refractivity contribution in [3.63, 3.8) is 0 Å². The summed E-state index contributed by atoms with van der Waals surface area (Å²) in [7, 11) is 7.00. The van der Waals surface area contributed by atoms with Crippen molar-refractivity contribution in [2.24, 2.45) is 29.6 Å². The van der Waals surface area contributed by atoms with Crippen molar-refractivity contribution in [3.05, 3.63) is 36.2 Å². The normalized spacial score (nSPS) is 43.2. The molecule has 0 aromatic carbocycles. The zero-order valence-electron chi connectivity index (χ0n) is 55.5. The maximum atomic E-state index is 14.1. The first-order valence-corrected chi connectivity index (χ1v) is 36.1. The van der Waals surface area contributed by atoms with Crippen LogP contribution in [0.5, 0.6) is 0 Å². The number of allylic oxidation sites excluding steroid dienone is 3. The number of carbonyl (C=O) groups is 2. The van der Waals surface area contributed by atoms with Crippen molar-refractivity contribution >= 4 is 20.3 Å². The Hall–Kier alpha value is -2.74. The molecule has 4 saturated carbocycles. The van der Waals surface area contributed by atoms with Crippen LogP contribution in [0.25, 0.3) is 0 Å². The highest BCUT2D eigenvalue weighted by molar-refractivity contribution is 6.74. The third-order valence-electron chi connectivity index (χ3n) is 21.3. The summed E-state index contributed by atoms with van der Waals surface area (Å²) in [6.07, 6.45) is 12.0. The van der Waals surface area contributed by atoms with Crippen molar-refractivity contribution in [2.75, 3.05) is 35.3 Å². The van der Waals surface area contributed by atoms with Gasteiger partial charge in [-0.15, -0.1) is 5.10 Å². The maximum absolute atomic E-state index is 14.1. The van der Waals surface area contributed by atoms with Crippen LogP contribution in [0, 0.1) is 29.6 Å². The zero-order chi connectivity index (χ0) is 62.9. The topological polar surface area (TPSA) is 213 Å². The van der Waals surface area contributed by atoms with Crippen LogP contribution in [-0.2, 0) is 73.3 Å². The molecular weight excluding hydrogens is 1130 g/mol. The standard InChI is InChI=1S/C66H111N5O15Si/c1-39-28-47-32-55(86-87(15,16)64(6,7)8)82-51(33-53(73)77-40(2)22-19-17-18-20-24-50(39)81-54-27-26-49(69(10)11)41(3)78-54)61(76-14)60(47)85-63-58(74)57(70(12)13)59(42(4)80-63)84-56-37-65(9,75)62(43(5)79-56)83-52(72)25-21-23-48-38-71(68-67-48)66-34-44-29-45(35-66)31-46(30-44)36-66/h17-18,20,24,38-47,49-51,54-63,74-75H,19,21-23,25-37H2,1-16H3/b18-17+,24-20+/t39-,40-,41-,42-,43+,44?,45?,46?,47-,49+,50+,51-,54+,55?,56+,57-,58-,59-,60+,61+,62+,63+,65-,66?/m1/s1. The molecular formula is C66H111N5O15Si. The number of aryl methyl sites for hydroxylation is 1. The molecule has 1 aromatic heterocycles. The van der Waals surface area contributed by atoms with Crippen LogP contribution in [0.2, 0.25) is 18.1 Å². The van der Waals surface area contributed by atoms with Gasteiger partial charge in [0.25, 0.3) is 0 Å². The second-order valence-electron chi connectivity index (χ2n) is 30.0. The van der Waals surface area contributed by atoms with Gasteiger partial charge in [0.2, 0.25) is 0 Å². The lowest BCUT2D eigenvalue weighted by molar-refractivity contribution is -0.343. The summed E-state index contributed by atoms with van der Waals surface area (Å²) < 4.78 is 75.8. The summed E-state index contributed by atoms with van der Waals surface area (Å²) >= 11 is 0. The van der Waals surface area contributed by atoms with E-state index >= 15 is 0 Å². The highest BCUT2D eigenvalue weighted by Crippen LogP contribution is 2.58. The van der Waals surface area contributed by atoms with E-state index < -0.39 is 106 Å². The Morgan fingerprint density at radius 2 is 1.49 bits per heavy atom. The van der Waals surface area contributed by atoms with Gasteiger partial charge in [-0.3, -0.25) is 9.59 Å². The molecule has 0 radical (unpaired) electrons. The van der Waals surface area contributed by atoms with E-state index in [2.05, 4.69) is 100 Å². The minimum atomic E-state index is -2.50. The average molecular weight is 1240 g/mol. The molecule has 20 atom stereocenters. The van der Waals surface area contributed by atoms with E-state index in [-0.39, 0.29) is 66.0 Å². The number of hydrogen-bond acceptors (Lipinski definition) is 19. The van der Waals surface area contributed by atoms with E-state index in [4.69, 9.17) is 51.8 Å². The molecule has 0 spiro atoms. The molecule has 10 rings (SSSR count). The number of aliphatic hydroxyl groups is 2. The Morgan fingerprint density at radius 3 is 2.13 bits per heavy atom. The number of aliphatic hydroxyl groups excluding tert-OH is 1. The minimum Gasteiger partial charge on any atom is -0.463 e. The van der Waals surface area contributed by atoms with E-state index in [1.54, 1.807) is 21.0 Å². The highest BCUT2D eigenvalue weighted by Gasteiger charge is 2.56. The van der Waals surface area contributed by atoms with E-state index in [9.17, 15) is 19.8 Å². The second kappa shape index (κ2) is 28.6. The van der Waals surface area contributed by atoms with Gasteiger partial charge in [0.05, 0.1) is 66.4 Å². The quantitative estimate of drug-likeness (QED) is 0.110. The summed E-state index contributed by atoms with van der Waals surface area (Å²) in [5.41, 5.74) is -0.545. The van der Waals surface area contributed by atoms with Gasteiger partial charge >= 0.3 is 11.9 Å². The van der Waals surface area contributed by atoms with Gasteiger partial charge in [0.15, 0.2) is 33.3 Å². The average Bonchev–Trinajstić information content (AvgIpc) is 1.76. The number of esters is 2. The smallest absolute Gasteiger partial charge is 0.308 e. The van der Waals surface area contributed by atoms with Crippen LogP contribution in [0.15, 0.2) is 30.5 Å². The van der Waals surface area contributed by atoms with E-state index in [0.29, 0.717) is 38.5 Å². The van der Waals surface area contributed by atoms with Crippen LogP contribution in [-0.4, -0.2) is 201 Å². The Kier molecular flexibility index (Phi) is 22.6. The first-order chi connectivity index (χ1) is 41.0. The largest absolute Gasteiger partial charge is 0.463 e. The fraction of sp³-hybridized carbons (Fsp3) is 0.879. The van der Waals surface area contributed by atoms with Crippen LogP contribution < -0.4 is 0 Å². The van der Waals surface area contributed by atoms with Crippen molar-refractivity contribution in [1.82, 2.24) is 24.8 Å². The number of nitrogens with zero attached hydrogens (tertiary/aromatic N) is 5. The number of ether oxygens (including phenoxy) is 10. The van der Waals surface area contributed by atoms with Gasteiger partial charge in [-0.1, -0.05) is 57.2 Å². The van der Waals surface area contributed by atoms with Gasteiger partial charge in [-0.2, -0.15) is 0 Å². The molecule has 87 heavy (non-hydrogen) atoms. The third-order valence-corrected chi connectivity index (χ3v) is 25.8. The fourth-order valence-electron chi connectivity index (χ4n) is 16.1. The summed E-state index contributed by atoms with van der Waals surface area (Å²) in [6.45, 7) is 22.4. The number of fused-ring (bicyclic) bond motifs is 3. The molecule has 1 unspecified atom stereocenters. The van der Waals surface area contributed by atoms with Crippen molar-refractivity contribution in [1.29, 1.82) is 0 Å². The highest BCUT2D eigenvalue weighted by atomic mass is 28.4. The van der Waals surface area contributed by atoms with Crippen LogP contribution in [0.4, 0.5) is 0 Å². The van der Waals surface area contributed by atoms with Crippen molar-refractivity contribution in [3.8, 4) is 0 Å². The summed E-state index contributed by atoms with van der Waals surface area (Å²) in [5.74, 6) is 1.08. The molecule has 0 amide bonds. The Bertz CT molecular complexity index is 2430. The predicted octanol–water partition coefficient (Wildman–Crippen LogP) is 8.99. The van der Waals surface area contributed by atoms with Crippen molar-refractivity contribution < 1.29 is 71.6 Å². The van der Waals surface area contributed by atoms with Gasteiger partial charge in [-0.05, 0) is 194 Å². The first-order valence-electron chi connectivity index (χ1n) is 33.2. The summed E-state index contributed by atoms with van der Waals surface area (Å²) in [6, 6.07) is -0.427. The molecule has 20 nitrogen and oxygen atoms in total. The molecule has 6 heterocycles. The number of methoxy groups -OCH3 is 1. The van der Waals surface area contributed by atoms with E-state index in [0.717, 1.165) is 36.3 Å². The SMILES string of the molecule is CO[C@@H]1[C@@H](O[C@@H]2O[C@H](C)[C@@H](O[C@H]3C[C@@](C)(O)[C@@H](OC(=O)CCCc4cn(C56CC7CC(CC(C7)C5)C6)nn4)[C@H](C)O3)[C@H](N(C)C)[C@H]2O)[C@H]2CC(O[Si](C)(C)C(C)(C)C)O[C@@H]1CC(=O)O[C@H](C)CC/C=C/C=C/[C@H](O[C@H]1CC[C@H](N(C)C)[C@@H](C)O1)[C@H](C)C2. The molecule has 21 heteroatoms. The summed E-state index contributed by atoms with van der Waals surface area (Å²) in [5, 5.41) is 33.8. The second-order valence-corrected chi connectivity index (χ2v) is 34.8. The monoisotopic (exact) mass is 1240 g/mol. The Balaban J connectivity index is 0.901. The summed E-state index contributed by atoms with van der Waals surface area (Å²) in [4.78, 5) is 31.7. The van der Waals surface area contributed by atoms with Gasteiger partial charge in [-0.25, -0.2) is 4.68 Å². The Labute approximate surface area is 520 Å². The zero-order valence-corrected chi connectivity index (χ0v) is 56.5. The Morgan fingerprint density at radius 1 is 0.805 bits per heavy atom. The van der Waals surface area contributed by atoms with Gasteiger partial charge < -0.3 is 71.8 Å². The number of likely N-dealkylation sites (N-methyl/N-ethyl adjacent to an activating group) is 2. The lowest BCUT2D eigenvalue weighted by atomic mass is 9.53. The molecule has 5 aliphatic heterocycles. The maximum Gasteiger partial charge on any atom is 0.308 e. The molecule has 4 aliphatic carbocycles. The first kappa shape index (κ1) is 68.6. The molecule has 6 bridgehead atoms. The molecule has 1 aromatic rings. The third kappa shape index (κ3) is 16.5. The minimum absolute atomic E-state index is 0.0149. The van der Waals surface area contributed by atoms with E-state index in [1.165, 1.54) is 38.5 Å². The van der Waals surface area contributed by atoms with E-state index in [1.807, 2.05) is 45.0 Å².